The van der Waals surface area contributed by atoms with Crippen molar-refractivity contribution in [3.63, 3.8) is 0 Å². The quantitative estimate of drug-likeness (QED) is 0.285. The predicted molar refractivity (Wildman–Crippen MR) is 105 cm³/mol. The van der Waals surface area contributed by atoms with Gasteiger partial charge < -0.3 is 19.9 Å². The monoisotopic (exact) mass is 389 g/mol. The summed E-state index contributed by atoms with van der Waals surface area (Å²) in [4.78, 5) is 36.1. The molecule has 7 nitrogen and oxygen atoms in total. The minimum atomic E-state index is -1.06. The standard InChI is InChI=1S/C21H27NO6/c1-12(2)17(19(23)20(22)24)18-13(3)8-7-9-15(18)28-16(21(25)27-6)11-10-14(4)26-5/h7-9,16H,4,10-11H2,1-3,5-6H3,(H2,22,24). The number of benzene rings is 1. The summed E-state index contributed by atoms with van der Waals surface area (Å²) >= 11 is 0. The van der Waals surface area contributed by atoms with Crippen molar-refractivity contribution in [1.29, 1.82) is 0 Å². The fraction of sp³-hybridized carbons (Fsp3) is 0.381. The van der Waals surface area contributed by atoms with E-state index in [0.29, 0.717) is 28.9 Å². The Labute approximate surface area is 165 Å². The first-order chi connectivity index (χ1) is 13.1. The van der Waals surface area contributed by atoms with E-state index >= 15 is 0 Å². The van der Waals surface area contributed by atoms with Crippen molar-refractivity contribution in [1.82, 2.24) is 0 Å². The van der Waals surface area contributed by atoms with E-state index in [-0.39, 0.29) is 17.7 Å². The van der Waals surface area contributed by atoms with Crippen LogP contribution in [0.15, 0.2) is 36.1 Å². The first-order valence-electron chi connectivity index (χ1n) is 8.71. The van der Waals surface area contributed by atoms with Gasteiger partial charge in [-0.3, -0.25) is 9.59 Å². The van der Waals surface area contributed by atoms with Gasteiger partial charge in [-0.05, 0) is 32.4 Å². The number of primary amides is 1. The average molecular weight is 389 g/mol. The second-order valence-electron chi connectivity index (χ2n) is 6.43. The summed E-state index contributed by atoms with van der Waals surface area (Å²) in [6.45, 7) is 8.91. The van der Waals surface area contributed by atoms with Gasteiger partial charge in [0, 0.05) is 24.0 Å². The average Bonchev–Trinajstić information content (AvgIpc) is 2.65. The first-order valence-corrected chi connectivity index (χ1v) is 8.71. The van der Waals surface area contributed by atoms with Crippen LogP contribution in [0, 0.1) is 6.92 Å². The molecule has 0 radical (unpaired) electrons. The van der Waals surface area contributed by atoms with Gasteiger partial charge in [0.05, 0.1) is 20.0 Å². The van der Waals surface area contributed by atoms with E-state index in [0.717, 1.165) is 0 Å². The number of esters is 1. The summed E-state index contributed by atoms with van der Waals surface area (Å²) in [5, 5.41) is 0. The lowest BCUT2D eigenvalue weighted by atomic mass is 9.92. The maximum Gasteiger partial charge on any atom is 0.347 e. The molecule has 1 aromatic carbocycles. The number of rotatable bonds is 10. The molecule has 1 aromatic rings. The molecule has 0 aromatic heterocycles. The van der Waals surface area contributed by atoms with E-state index in [2.05, 4.69) is 6.58 Å². The number of amides is 1. The van der Waals surface area contributed by atoms with Crippen LogP contribution in [0.4, 0.5) is 0 Å². The van der Waals surface area contributed by atoms with Crippen LogP contribution in [-0.2, 0) is 23.9 Å². The lowest BCUT2D eigenvalue weighted by Gasteiger charge is -2.21. The van der Waals surface area contributed by atoms with E-state index in [1.165, 1.54) is 14.2 Å². The zero-order valence-electron chi connectivity index (χ0n) is 17.0. The molecule has 0 saturated carbocycles. The molecule has 0 saturated heterocycles. The normalized spacial score (nSPS) is 11.2. The van der Waals surface area contributed by atoms with Gasteiger partial charge in [0.15, 0.2) is 6.10 Å². The molecule has 1 rings (SSSR count). The summed E-state index contributed by atoms with van der Waals surface area (Å²) in [5.41, 5.74) is 7.10. The summed E-state index contributed by atoms with van der Waals surface area (Å²) < 4.78 is 15.8. The Morgan fingerprint density at radius 1 is 1.14 bits per heavy atom. The number of carbonyl (C=O) groups is 3. The van der Waals surface area contributed by atoms with Gasteiger partial charge in [-0.25, -0.2) is 4.79 Å². The fourth-order valence-corrected chi connectivity index (χ4v) is 2.68. The minimum absolute atomic E-state index is 0.158. The van der Waals surface area contributed by atoms with Gasteiger partial charge in [0.25, 0.3) is 11.7 Å². The number of nitrogens with two attached hydrogens (primary N) is 1. The van der Waals surface area contributed by atoms with Gasteiger partial charge in [-0.1, -0.05) is 24.3 Å². The van der Waals surface area contributed by atoms with Crippen LogP contribution in [0.5, 0.6) is 5.75 Å². The van der Waals surface area contributed by atoms with Crippen LogP contribution < -0.4 is 10.5 Å². The minimum Gasteiger partial charge on any atom is -0.502 e. The number of carbonyl (C=O) groups excluding carboxylic acids is 3. The summed E-state index contributed by atoms with van der Waals surface area (Å²) in [6, 6.07) is 5.13. The molecular formula is C21H27NO6. The third kappa shape index (κ3) is 5.70. The van der Waals surface area contributed by atoms with E-state index < -0.39 is 23.8 Å². The lowest BCUT2D eigenvalue weighted by molar-refractivity contribution is -0.149. The molecule has 28 heavy (non-hydrogen) atoms. The number of hydrogen-bond donors (Lipinski definition) is 1. The third-order valence-corrected chi connectivity index (χ3v) is 4.14. The Kier molecular flexibility index (Phi) is 8.44. The Morgan fingerprint density at radius 3 is 2.29 bits per heavy atom. The van der Waals surface area contributed by atoms with Crippen LogP contribution in [0.2, 0.25) is 0 Å². The number of ketones is 1. The van der Waals surface area contributed by atoms with Crippen molar-refractivity contribution in [2.75, 3.05) is 14.2 Å². The van der Waals surface area contributed by atoms with Crippen molar-refractivity contribution in [3.8, 4) is 5.75 Å². The number of hydrogen-bond acceptors (Lipinski definition) is 6. The fourth-order valence-electron chi connectivity index (χ4n) is 2.68. The maximum absolute atomic E-state index is 12.4. The molecule has 1 unspecified atom stereocenters. The Hall–Kier alpha value is -3.09. The smallest absolute Gasteiger partial charge is 0.347 e. The van der Waals surface area contributed by atoms with Gasteiger partial charge in [-0.15, -0.1) is 0 Å². The van der Waals surface area contributed by atoms with E-state index in [1.807, 2.05) is 0 Å². The number of methoxy groups -OCH3 is 2. The van der Waals surface area contributed by atoms with Gasteiger partial charge >= 0.3 is 5.97 Å². The predicted octanol–water partition coefficient (Wildman–Crippen LogP) is 2.70. The molecule has 152 valence electrons. The van der Waals surface area contributed by atoms with Gasteiger partial charge in [-0.2, -0.15) is 0 Å². The van der Waals surface area contributed by atoms with Gasteiger partial charge in [0.1, 0.15) is 5.75 Å². The summed E-state index contributed by atoms with van der Waals surface area (Å²) in [7, 11) is 2.75. The third-order valence-electron chi connectivity index (χ3n) is 4.14. The molecule has 0 aliphatic carbocycles. The Bertz CT molecular complexity index is 805. The number of Topliss-reactive ketones (excluding diaryl/α,β-unsaturated/α-hetero) is 1. The van der Waals surface area contributed by atoms with E-state index in [1.54, 1.807) is 39.0 Å². The zero-order chi connectivity index (χ0) is 21.4. The Morgan fingerprint density at radius 2 is 1.79 bits per heavy atom. The molecule has 2 N–H and O–H groups in total. The molecule has 0 aliphatic heterocycles. The van der Waals surface area contributed by atoms with Crippen LogP contribution in [-0.4, -0.2) is 38.0 Å². The Balaban J connectivity index is 3.40. The van der Waals surface area contributed by atoms with Gasteiger partial charge in [0.2, 0.25) is 0 Å². The highest BCUT2D eigenvalue weighted by molar-refractivity contribution is 6.53. The topological polar surface area (TPSA) is 105 Å². The molecule has 1 atom stereocenters. The maximum atomic E-state index is 12.4. The molecule has 7 heteroatoms. The SMILES string of the molecule is C=C(CCC(Oc1cccc(C)c1C(C(=O)C(N)=O)=C(C)C)C(=O)OC)OC. The van der Waals surface area contributed by atoms with E-state index in [4.69, 9.17) is 19.9 Å². The van der Waals surface area contributed by atoms with Crippen molar-refractivity contribution in [2.45, 2.75) is 39.7 Å². The second kappa shape index (κ2) is 10.3. The van der Waals surface area contributed by atoms with Crippen LogP contribution in [0.3, 0.4) is 0 Å². The van der Waals surface area contributed by atoms with Crippen molar-refractivity contribution in [2.24, 2.45) is 5.73 Å². The van der Waals surface area contributed by atoms with Crippen molar-refractivity contribution in [3.05, 3.63) is 47.2 Å². The molecule has 0 aliphatic rings. The molecular weight excluding hydrogens is 362 g/mol. The second-order valence-corrected chi connectivity index (χ2v) is 6.43. The summed E-state index contributed by atoms with van der Waals surface area (Å²) in [5.74, 6) is -1.68. The highest BCUT2D eigenvalue weighted by Gasteiger charge is 2.27. The molecule has 1 amide bonds. The number of allylic oxidation sites excluding steroid dienone is 2. The van der Waals surface area contributed by atoms with E-state index in [9.17, 15) is 14.4 Å². The lowest BCUT2D eigenvalue weighted by Crippen LogP contribution is -2.30. The number of ether oxygens (including phenoxy) is 3. The van der Waals surface area contributed by atoms with Crippen molar-refractivity contribution >= 4 is 23.2 Å². The zero-order valence-corrected chi connectivity index (χ0v) is 17.0. The highest BCUT2D eigenvalue weighted by atomic mass is 16.6. The molecule has 0 bridgehead atoms. The summed E-state index contributed by atoms with van der Waals surface area (Å²) in [6.07, 6.45) is -0.298. The molecule has 0 heterocycles. The van der Waals surface area contributed by atoms with Crippen LogP contribution >= 0.6 is 0 Å². The first kappa shape index (κ1) is 23.0. The number of aryl methyl sites for hydroxylation is 1. The molecule has 0 fully saturated rings. The van der Waals surface area contributed by atoms with Crippen molar-refractivity contribution < 1.29 is 28.6 Å². The molecule has 0 spiro atoms. The largest absolute Gasteiger partial charge is 0.502 e. The van der Waals surface area contributed by atoms with Crippen LogP contribution in [0.25, 0.3) is 5.57 Å². The van der Waals surface area contributed by atoms with Crippen LogP contribution in [0.1, 0.15) is 37.8 Å². The highest BCUT2D eigenvalue weighted by Crippen LogP contribution is 2.33.